The van der Waals surface area contributed by atoms with Crippen molar-refractivity contribution in [2.24, 2.45) is 0 Å². The van der Waals surface area contributed by atoms with Gasteiger partial charge in [-0.2, -0.15) is 0 Å². The summed E-state index contributed by atoms with van der Waals surface area (Å²) >= 11 is 10.3. The Balaban J connectivity index is 8.65. The minimum Gasteiger partial charge on any atom is -0.135 e. The first-order valence-corrected chi connectivity index (χ1v) is 30.8. The van der Waals surface area contributed by atoms with Crippen LogP contribution >= 0.6 is 30.6 Å². The molecule has 0 radical (unpaired) electrons. The van der Waals surface area contributed by atoms with Crippen LogP contribution in [0.15, 0.2) is 0 Å². The lowest BCUT2D eigenvalue weighted by Crippen LogP contribution is -2.91. The molecule has 0 spiro atoms. The van der Waals surface area contributed by atoms with E-state index in [2.05, 4.69) is 124 Å². The van der Waals surface area contributed by atoms with Crippen LogP contribution in [-0.2, 0) is 0 Å². The third-order valence-electron chi connectivity index (χ3n) is 11.1. The van der Waals surface area contributed by atoms with Crippen LogP contribution in [0.3, 0.4) is 0 Å². The third kappa shape index (κ3) is 5.07. The molecule has 0 saturated heterocycles. The summed E-state index contributed by atoms with van der Waals surface area (Å²) in [5.41, 5.74) is 1.66. The fraction of sp³-hybridized carbons (Fsp3) is 1.00. The number of hydrogen-bond acceptors (Lipinski definition) is 0. The van der Waals surface area contributed by atoms with E-state index in [4.69, 9.17) is 30.6 Å². The van der Waals surface area contributed by atoms with Crippen LogP contribution in [0.2, 0.25) is 44.3 Å². The molecule has 0 rings (SSSR count). The highest BCUT2D eigenvalue weighted by Gasteiger charge is 2.81. The van der Waals surface area contributed by atoms with Gasteiger partial charge in [0.1, 0.15) is 11.5 Å². The molecule has 34 heavy (non-hydrogen) atoms. The standard InChI is InChI=1S/C28H64Br2Si4/c1-19-23(20-2)33(29,24(21-3)22-4)34(30,31(17,25(5,6)7)26(8,9)10)32(18,27(11,12)13)28(14,15)16/h23-24H,19-22H2,1-18H3. The normalized spacial score (nSPS) is 16.1. The first kappa shape index (κ1) is 35.8. The van der Waals surface area contributed by atoms with Crippen LogP contribution in [0.4, 0.5) is 0 Å². The summed E-state index contributed by atoms with van der Waals surface area (Å²) in [5.74, 6) is 0. The SMILES string of the molecule is CCC(CC)[Si](Br)(C(CC)CC)[Si](Br)([Si](C)(C(C)(C)C)C(C)(C)C)[Si](C)(C(C)(C)C)C(C)(C)C. The van der Waals surface area contributed by atoms with Crippen LogP contribution < -0.4 is 0 Å². The van der Waals surface area contributed by atoms with Gasteiger partial charge in [-0.3, -0.25) is 0 Å². The van der Waals surface area contributed by atoms with Crippen LogP contribution in [0, 0.1) is 0 Å². The summed E-state index contributed by atoms with van der Waals surface area (Å²) in [5, 5.41) is -0.800. The van der Waals surface area contributed by atoms with Crippen molar-refractivity contribution in [1.29, 1.82) is 0 Å². The van der Waals surface area contributed by atoms with Crippen molar-refractivity contribution in [2.45, 2.75) is 181 Å². The molecule has 0 aromatic rings. The van der Waals surface area contributed by atoms with Gasteiger partial charge in [0, 0.05) is 0 Å². The van der Waals surface area contributed by atoms with Gasteiger partial charge in [-0.05, 0) is 31.2 Å². The van der Waals surface area contributed by atoms with E-state index in [0.29, 0.717) is 20.2 Å². The van der Waals surface area contributed by atoms with Gasteiger partial charge in [-0.25, -0.2) is 0 Å². The van der Waals surface area contributed by atoms with E-state index in [0.717, 1.165) is 11.1 Å². The third-order valence-corrected chi connectivity index (χ3v) is 120. The van der Waals surface area contributed by atoms with Gasteiger partial charge in [0.2, 0.25) is 0 Å². The molecule has 0 unspecified atom stereocenters. The Kier molecular flexibility index (Phi) is 11.7. The zero-order valence-electron chi connectivity index (χ0n) is 26.7. The highest BCUT2D eigenvalue weighted by atomic mass is 79.9. The van der Waals surface area contributed by atoms with E-state index in [1.807, 2.05) is 0 Å². The molecule has 0 heterocycles. The molecule has 0 nitrogen and oxygen atoms in total. The lowest BCUT2D eigenvalue weighted by molar-refractivity contribution is 0.624. The molecule has 0 atom stereocenters. The minimum atomic E-state index is -2.12. The predicted molar refractivity (Wildman–Crippen MR) is 180 cm³/mol. The molecule has 0 aromatic carbocycles. The smallest absolute Gasteiger partial charge is 0.135 e. The molecule has 0 aliphatic heterocycles. The molecular formula is C28H64Br2Si4. The fourth-order valence-electron chi connectivity index (χ4n) is 8.24. The van der Waals surface area contributed by atoms with Gasteiger partial charge in [0.15, 0.2) is 0 Å². The predicted octanol–water partition coefficient (Wildman–Crippen LogP) is 12.6. The topological polar surface area (TPSA) is 0 Å². The van der Waals surface area contributed by atoms with Crippen molar-refractivity contribution < 1.29 is 0 Å². The highest BCUT2D eigenvalue weighted by Crippen LogP contribution is 2.72. The average molecular weight is 673 g/mol. The van der Waals surface area contributed by atoms with Crippen LogP contribution in [0.5, 0.6) is 0 Å². The second-order valence-corrected chi connectivity index (χ2v) is 66.7. The summed E-state index contributed by atoms with van der Waals surface area (Å²) in [6.07, 6.45) is 3.31. The van der Waals surface area contributed by atoms with E-state index >= 15 is 0 Å². The summed E-state index contributed by atoms with van der Waals surface area (Å²) in [7, 11) is -3.91. The summed E-state index contributed by atoms with van der Waals surface area (Å²) in [4.78, 5) is 0. The lowest BCUT2D eigenvalue weighted by Gasteiger charge is -2.73. The molecule has 0 N–H and O–H groups in total. The average Bonchev–Trinajstić information content (AvgIpc) is 2.63. The number of hydrogen-bond donors (Lipinski definition) is 0. The van der Waals surface area contributed by atoms with Gasteiger partial charge in [0.25, 0.3) is 0 Å². The molecule has 0 aromatic heterocycles. The largest absolute Gasteiger partial charge is 0.136 e. The van der Waals surface area contributed by atoms with E-state index in [1.165, 1.54) is 25.7 Å². The molecule has 0 amide bonds. The van der Waals surface area contributed by atoms with Crippen LogP contribution in [0.1, 0.15) is 136 Å². The van der Waals surface area contributed by atoms with Crippen LogP contribution in [-0.4, -0.2) is 26.6 Å². The molecule has 6 heteroatoms. The van der Waals surface area contributed by atoms with Gasteiger partial charge in [-0.15, -0.1) is 30.6 Å². The minimum absolute atomic E-state index is 0.329. The first-order chi connectivity index (χ1) is 14.8. The Morgan fingerprint density at radius 2 is 0.647 bits per heavy atom. The van der Waals surface area contributed by atoms with E-state index in [9.17, 15) is 0 Å². The molecule has 0 fully saturated rings. The summed E-state index contributed by atoms with van der Waals surface area (Å²) in [6, 6.07) is 0. The molecular weight excluding hydrogens is 608 g/mol. The number of rotatable bonds is 9. The van der Waals surface area contributed by atoms with E-state index in [1.54, 1.807) is 0 Å². The van der Waals surface area contributed by atoms with Crippen molar-refractivity contribution in [1.82, 2.24) is 0 Å². The summed E-state index contributed by atoms with van der Waals surface area (Å²) < 4.78 is 0. The second-order valence-electron chi connectivity index (χ2n) is 15.7. The maximum Gasteiger partial charge on any atom is 0.136 e. The quantitative estimate of drug-likeness (QED) is 0.169. The molecule has 206 valence electrons. The molecule has 0 aliphatic rings. The Morgan fingerprint density at radius 3 is 0.765 bits per heavy atom. The maximum absolute atomic E-state index is 5.24. The Bertz CT molecular complexity index is 576. The molecule has 0 bridgehead atoms. The number of halogens is 2. The Hall–Kier alpha value is 1.83. The van der Waals surface area contributed by atoms with Crippen molar-refractivity contribution in [3.63, 3.8) is 0 Å². The zero-order valence-corrected chi connectivity index (χ0v) is 33.9. The molecule has 0 saturated carbocycles. The van der Waals surface area contributed by atoms with Crippen molar-refractivity contribution in [2.75, 3.05) is 0 Å². The van der Waals surface area contributed by atoms with E-state index in [-0.39, 0.29) is 0 Å². The van der Waals surface area contributed by atoms with Crippen molar-refractivity contribution in [3.8, 4) is 0 Å². The Labute approximate surface area is 236 Å². The van der Waals surface area contributed by atoms with Crippen molar-refractivity contribution in [3.05, 3.63) is 0 Å². The van der Waals surface area contributed by atoms with Gasteiger partial charge >= 0.3 is 0 Å². The van der Waals surface area contributed by atoms with Gasteiger partial charge in [-0.1, -0.05) is 150 Å². The lowest BCUT2D eigenvalue weighted by atomic mass is 10.2. The Morgan fingerprint density at radius 1 is 0.471 bits per heavy atom. The second kappa shape index (κ2) is 11.1. The highest BCUT2D eigenvalue weighted by molar-refractivity contribution is 9.39. The maximum atomic E-state index is 5.24. The molecule has 0 aliphatic carbocycles. The van der Waals surface area contributed by atoms with Crippen molar-refractivity contribution >= 4 is 57.2 Å². The zero-order chi connectivity index (χ0) is 28.0. The summed E-state index contributed by atoms with van der Waals surface area (Å²) in [6.45, 7) is 47.4. The fourth-order valence-corrected chi connectivity index (χ4v) is 159. The monoisotopic (exact) mass is 670 g/mol. The van der Waals surface area contributed by atoms with Gasteiger partial charge in [0.05, 0.1) is 15.2 Å². The first-order valence-electron chi connectivity index (χ1n) is 14.2. The van der Waals surface area contributed by atoms with Gasteiger partial charge < -0.3 is 0 Å². The van der Waals surface area contributed by atoms with E-state index < -0.39 is 26.6 Å². The van der Waals surface area contributed by atoms with Crippen LogP contribution in [0.25, 0.3) is 0 Å².